The smallest absolute Gasteiger partial charge is 0.180 e. The van der Waals surface area contributed by atoms with E-state index in [0.29, 0.717) is 17.1 Å². The SMILES string of the molecule is COc1cc(C)c(C(=O)C2CCCN2)cc1OC. The van der Waals surface area contributed by atoms with Gasteiger partial charge in [0.15, 0.2) is 17.3 Å². The maximum Gasteiger partial charge on any atom is 0.180 e. The molecule has 1 aromatic rings. The summed E-state index contributed by atoms with van der Waals surface area (Å²) in [6.07, 6.45) is 1.97. The molecule has 0 amide bonds. The van der Waals surface area contributed by atoms with Gasteiger partial charge in [0.25, 0.3) is 0 Å². The van der Waals surface area contributed by atoms with Crippen molar-refractivity contribution in [2.45, 2.75) is 25.8 Å². The van der Waals surface area contributed by atoms with Crippen LogP contribution in [-0.2, 0) is 0 Å². The van der Waals surface area contributed by atoms with Crippen LogP contribution in [0.15, 0.2) is 12.1 Å². The molecule has 0 saturated carbocycles. The number of Topliss-reactive ketones (excluding diaryl/α,β-unsaturated/α-hetero) is 1. The van der Waals surface area contributed by atoms with Crippen LogP contribution in [0.3, 0.4) is 0 Å². The molecule has 0 bridgehead atoms. The predicted octanol–water partition coefficient (Wildman–Crippen LogP) is 1.95. The van der Waals surface area contributed by atoms with Gasteiger partial charge in [-0.05, 0) is 44.0 Å². The van der Waals surface area contributed by atoms with Crippen LogP contribution in [0.5, 0.6) is 11.5 Å². The zero-order valence-electron chi connectivity index (χ0n) is 11.1. The summed E-state index contributed by atoms with van der Waals surface area (Å²) in [7, 11) is 3.17. The van der Waals surface area contributed by atoms with E-state index in [1.807, 2.05) is 13.0 Å². The molecule has 1 N–H and O–H groups in total. The summed E-state index contributed by atoms with van der Waals surface area (Å²) in [4.78, 5) is 12.4. The number of methoxy groups -OCH3 is 2. The molecule has 1 aliphatic heterocycles. The van der Waals surface area contributed by atoms with Gasteiger partial charge in [0.2, 0.25) is 0 Å². The lowest BCUT2D eigenvalue weighted by atomic mass is 9.98. The third-order valence-corrected chi connectivity index (χ3v) is 3.37. The summed E-state index contributed by atoms with van der Waals surface area (Å²) in [5.41, 5.74) is 1.64. The van der Waals surface area contributed by atoms with Crippen molar-refractivity contribution < 1.29 is 14.3 Å². The molecule has 0 aliphatic carbocycles. The van der Waals surface area contributed by atoms with Crippen molar-refractivity contribution in [1.29, 1.82) is 0 Å². The van der Waals surface area contributed by atoms with Crippen LogP contribution in [0.1, 0.15) is 28.8 Å². The summed E-state index contributed by atoms with van der Waals surface area (Å²) in [6.45, 7) is 2.84. The summed E-state index contributed by atoms with van der Waals surface area (Å²) in [5.74, 6) is 1.40. The Morgan fingerprint density at radius 1 is 1.28 bits per heavy atom. The first kappa shape index (κ1) is 12.9. The molecule has 1 aliphatic rings. The van der Waals surface area contributed by atoms with E-state index >= 15 is 0 Å². The molecule has 4 nitrogen and oxygen atoms in total. The highest BCUT2D eigenvalue weighted by Gasteiger charge is 2.25. The van der Waals surface area contributed by atoms with Gasteiger partial charge in [-0.1, -0.05) is 0 Å². The molecular weight excluding hydrogens is 230 g/mol. The van der Waals surface area contributed by atoms with Crippen molar-refractivity contribution >= 4 is 5.78 Å². The summed E-state index contributed by atoms with van der Waals surface area (Å²) in [5, 5.41) is 3.23. The molecule has 1 saturated heterocycles. The van der Waals surface area contributed by atoms with Crippen molar-refractivity contribution in [2.75, 3.05) is 20.8 Å². The first-order valence-corrected chi connectivity index (χ1v) is 6.17. The van der Waals surface area contributed by atoms with Crippen molar-refractivity contribution in [1.82, 2.24) is 5.32 Å². The fraction of sp³-hybridized carbons (Fsp3) is 0.500. The number of rotatable bonds is 4. The molecule has 1 heterocycles. The molecule has 98 valence electrons. The van der Waals surface area contributed by atoms with Gasteiger partial charge in [-0.2, -0.15) is 0 Å². The molecule has 4 heteroatoms. The molecule has 0 spiro atoms. The molecule has 1 atom stereocenters. The van der Waals surface area contributed by atoms with Crippen LogP contribution in [-0.4, -0.2) is 32.6 Å². The highest BCUT2D eigenvalue weighted by Crippen LogP contribution is 2.31. The second-order valence-electron chi connectivity index (χ2n) is 4.54. The van der Waals surface area contributed by atoms with Crippen molar-refractivity contribution in [3.63, 3.8) is 0 Å². The molecule has 18 heavy (non-hydrogen) atoms. The fourth-order valence-electron chi connectivity index (χ4n) is 2.34. The summed E-state index contributed by atoms with van der Waals surface area (Å²) < 4.78 is 10.5. The number of hydrogen-bond donors (Lipinski definition) is 1. The normalized spacial score (nSPS) is 18.7. The lowest BCUT2D eigenvalue weighted by Crippen LogP contribution is -2.31. The average molecular weight is 249 g/mol. The Morgan fingerprint density at radius 3 is 2.50 bits per heavy atom. The number of benzene rings is 1. The lowest BCUT2D eigenvalue weighted by molar-refractivity contribution is 0.0951. The van der Waals surface area contributed by atoms with Crippen LogP contribution < -0.4 is 14.8 Å². The standard InChI is InChI=1S/C14H19NO3/c1-9-7-12(17-2)13(18-3)8-10(9)14(16)11-5-4-6-15-11/h7-8,11,15H,4-6H2,1-3H3. The zero-order chi connectivity index (χ0) is 13.1. The number of nitrogens with one attached hydrogen (secondary N) is 1. The number of hydrogen-bond acceptors (Lipinski definition) is 4. The summed E-state index contributed by atoms with van der Waals surface area (Å²) >= 11 is 0. The minimum Gasteiger partial charge on any atom is -0.493 e. The Labute approximate surface area is 107 Å². The fourth-order valence-corrected chi connectivity index (χ4v) is 2.34. The molecule has 0 radical (unpaired) electrons. The Balaban J connectivity index is 2.34. The highest BCUT2D eigenvalue weighted by molar-refractivity contribution is 6.02. The van der Waals surface area contributed by atoms with Gasteiger partial charge in [-0.25, -0.2) is 0 Å². The largest absolute Gasteiger partial charge is 0.493 e. The van der Waals surface area contributed by atoms with Crippen LogP contribution in [0, 0.1) is 6.92 Å². The van der Waals surface area contributed by atoms with Crippen molar-refractivity contribution in [2.24, 2.45) is 0 Å². The number of ketones is 1. The highest BCUT2D eigenvalue weighted by atomic mass is 16.5. The quantitative estimate of drug-likeness (QED) is 0.828. The van der Waals surface area contributed by atoms with Crippen LogP contribution in [0.25, 0.3) is 0 Å². The monoisotopic (exact) mass is 249 g/mol. The average Bonchev–Trinajstić information content (AvgIpc) is 2.91. The first-order valence-electron chi connectivity index (χ1n) is 6.17. The van der Waals surface area contributed by atoms with Crippen molar-refractivity contribution in [3.05, 3.63) is 23.3 Å². The van der Waals surface area contributed by atoms with Crippen LogP contribution >= 0.6 is 0 Å². The molecule has 1 aromatic carbocycles. The van der Waals surface area contributed by atoms with E-state index in [1.165, 1.54) is 0 Å². The van der Waals surface area contributed by atoms with E-state index in [9.17, 15) is 4.79 Å². The van der Waals surface area contributed by atoms with Gasteiger partial charge in [-0.3, -0.25) is 4.79 Å². The maximum absolute atomic E-state index is 12.4. The summed E-state index contributed by atoms with van der Waals surface area (Å²) in [6, 6.07) is 3.57. The topological polar surface area (TPSA) is 47.6 Å². The van der Waals surface area contributed by atoms with Crippen LogP contribution in [0.4, 0.5) is 0 Å². The first-order chi connectivity index (χ1) is 8.67. The molecule has 1 fully saturated rings. The van der Waals surface area contributed by atoms with E-state index in [2.05, 4.69) is 5.32 Å². The molecule has 2 rings (SSSR count). The predicted molar refractivity (Wildman–Crippen MR) is 69.6 cm³/mol. The van der Waals surface area contributed by atoms with Gasteiger partial charge in [-0.15, -0.1) is 0 Å². The molecule has 0 aromatic heterocycles. The van der Waals surface area contributed by atoms with Gasteiger partial charge < -0.3 is 14.8 Å². The van der Waals surface area contributed by atoms with E-state index in [-0.39, 0.29) is 11.8 Å². The minimum atomic E-state index is -0.0539. The molecule has 1 unspecified atom stereocenters. The Hall–Kier alpha value is -1.55. The number of aryl methyl sites for hydroxylation is 1. The van der Waals surface area contributed by atoms with E-state index in [4.69, 9.17) is 9.47 Å². The Kier molecular flexibility index (Phi) is 3.87. The maximum atomic E-state index is 12.4. The van der Waals surface area contributed by atoms with Crippen molar-refractivity contribution in [3.8, 4) is 11.5 Å². The second kappa shape index (κ2) is 5.40. The van der Waals surface area contributed by atoms with E-state index < -0.39 is 0 Å². The van der Waals surface area contributed by atoms with Gasteiger partial charge in [0, 0.05) is 5.56 Å². The van der Waals surface area contributed by atoms with E-state index in [0.717, 1.165) is 24.9 Å². The van der Waals surface area contributed by atoms with E-state index in [1.54, 1.807) is 20.3 Å². The second-order valence-corrected chi connectivity index (χ2v) is 4.54. The number of ether oxygens (including phenoxy) is 2. The lowest BCUT2D eigenvalue weighted by Gasteiger charge is -2.14. The minimum absolute atomic E-state index is 0.0539. The number of carbonyl (C=O) groups excluding carboxylic acids is 1. The van der Waals surface area contributed by atoms with Gasteiger partial charge in [0.05, 0.1) is 20.3 Å². The third-order valence-electron chi connectivity index (χ3n) is 3.37. The Bertz CT molecular complexity index is 451. The van der Waals surface area contributed by atoms with Gasteiger partial charge in [0.1, 0.15) is 0 Å². The van der Waals surface area contributed by atoms with Crippen LogP contribution in [0.2, 0.25) is 0 Å². The molecular formula is C14H19NO3. The number of carbonyl (C=O) groups is 1. The zero-order valence-corrected chi connectivity index (χ0v) is 11.1. The van der Waals surface area contributed by atoms with Gasteiger partial charge >= 0.3 is 0 Å². The third kappa shape index (κ3) is 2.34. The Morgan fingerprint density at radius 2 is 1.94 bits per heavy atom.